The number of thioether (sulfide) groups is 1. The van der Waals surface area contributed by atoms with E-state index in [-0.39, 0.29) is 17.4 Å². The SMILES string of the molecule is COC(=O)CN1C(=O)S/C(=C/c2ccc(OCC(=O)Nc3cccc(C)c3)cc2)C1=O. The predicted octanol–water partition coefficient (Wildman–Crippen LogP) is 3.22. The van der Waals surface area contributed by atoms with E-state index in [0.29, 0.717) is 17.0 Å². The van der Waals surface area contributed by atoms with E-state index in [1.807, 2.05) is 25.1 Å². The molecule has 0 saturated carbocycles. The molecule has 0 aromatic heterocycles. The van der Waals surface area contributed by atoms with Gasteiger partial charge in [0, 0.05) is 5.69 Å². The van der Waals surface area contributed by atoms with Crippen LogP contribution in [0.4, 0.5) is 10.5 Å². The van der Waals surface area contributed by atoms with Crippen LogP contribution < -0.4 is 10.1 Å². The first-order valence-electron chi connectivity index (χ1n) is 9.27. The van der Waals surface area contributed by atoms with Crippen molar-refractivity contribution in [3.05, 3.63) is 64.6 Å². The molecular formula is C22H20N2O6S. The molecule has 8 nitrogen and oxygen atoms in total. The van der Waals surface area contributed by atoms with E-state index >= 15 is 0 Å². The second-order valence-electron chi connectivity index (χ2n) is 6.62. The summed E-state index contributed by atoms with van der Waals surface area (Å²) in [6.45, 7) is 1.36. The number of hydrogen-bond acceptors (Lipinski definition) is 7. The Kier molecular flexibility index (Phi) is 7.09. The van der Waals surface area contributed by atoms with Gasteiger partial charge in [-0.25, -0.2) is 0 Å². The summed E-state index contributed by atoms with van der Waals surface area (Å²) in [6, 6.07) is 14.2. The Hall–Kier alpha value is -3.59. The maximum Gasteiger partial charge on any atom is 0.325 e. The molecule has 3 rings (SSSR count). The number of carbonyl (C=O) groups is 4. The molecule has 0 radical (unpaired) electrons. The number of anilines is 1. The third kappa shape index (κ3) is 5.95. The third-order valence-electron chi connectivity index (χ3n) is 4.24. The Bertz CT molecular complexity index is 1050. The lowest BCUT2D eigenvalue weighted by molar-refractivity contribution is -0.143. The Morgan fingerprint density at radius 3 is 2.55 bits per heavy atom. The molecule has 9 heteroatoms. The predicted molar refractivity (Wildman–Crippen MR) is 116 cm³/mol. The molecule has 1 aliphatic rings. The summed E-state index contributed by atoms with van der Waals surface area (Å²) < 4.78 is 9.99. The number of esters is 1. The first-order chi connectivity index (χ1) is 14.9. The molecule has 0 bridgehead atoms. The van der Waals surface area contributed by atoms with E-state index in [9.17, 15) is 19.2 Å². The van der Waals surface area contributed by atoms with Gasteiger partial charge in [0.15, 0.2) is 6.61 Å². The molecule has 0 unspecified atom stereocenters. The molecule has 160 valence electrons. The number of carbonyl (C=O) groups excluding carboxylic acids is 4. The van der Waals surface area contributed by atoms with Gasteiger partial charge in [-0.2, -0.15) is 0 Å². The summed E-state index contributed by atoms with van der Waals surface area (Å²) in [4.78, 5) is 48.7. The molecule has 1 fully saturated rings. The van der Waals surface area contributed by atoms with E-state index in [2.05, 4.69) is 10.1 Å². The Balaban J connectivity index is 1.56. The number of amides is 3. The summed E-state index contributed by atoms with van der Waals surface area (Å²) >= 11 is 0.756. The first-order valence-corrected chi connectivity index (χ1v) is 10.1. The average molecular weight is 440 g/mol. The van der Waals surface area contributed by atoms with Crippen molar-refractivity contribution in [2.45, 2.75) is 6.92 Å². The van der Waals surface area contributed by atoms with E-state index in [4.69, 9.17) is 4.74 Å². The quantitative estimate of drug-likeness (QED) is 0.521. The van der Waals surface area contributed by atoms with Gasteiger partial charge in [-0.05, 0) is 60.2 Å². The zero-order valence-corrected chi connectivity index (χ0v) is 17.7. The van der Waals surface area contributed by atoms with Gasteiger partial charge in [0.05, 0.1) is 12.0 Å². The molecule has 1 N–H and O–H groups in total. The van der Waals surface area contributed by atoms with Gasteiger partial charge in [-0.15, -0.1) is 0 Å². The number of rotatable bonds is 7. The molecule has 1 saturated heterocycles. The molecule has 31 heavy (non-hydrogen) atoms. The van der Waals surface area contributed by atoms with Crippen LogP contribution in [0, 0.1) is 6.92 Å². The highest BCUT2D eigenvalue weighted by molar-refractivity contribution is 8.18. The molecule has 2 aromatic carbocycles. The maximum atomic E-state index is 12.3. The second-order valence-corrected chi connectivity index (χ2v) is 7.61. The number of ether oxygens (including phenoxy) is 2. The van der Waals surface area contributed by atoms with E-state index < -0.39 is 23.7 Å². The minimum atomic E-state index is -0.670. The van der Waals surface area contributed by atoms with Crippen LogP contribution in [0.1, 0.15) is 11.1 Å². The van der Waals surface area contributed by atoms with Gasteiger partial charge in [0.1, 0.15) is 12.3 Å². The van der Waals surface area contributed by atoms with E-state index in [1.54, 1.807) is 36.4 Å². The fourth-order valence-electron chi connectivity index (χ4n) is 2.71. The monoisotopic (exact) mass is 440 g/mol. The van der Waals surface area contributed by atoms with Crippen LogP contribution in [0.2, 0.25) is 0 Å². The van der Waals surface area contributed by atoms with Crippen LogP contribution in [0.25, 0.3) is 6.08 Å². The van der Waals surface area contributed by atoms with Gasteiger partial charge in [0.2, 0.25) is 0 Å². The summed E-state index contributed by atoms with van der Waals surface area (Å²) in [5.41, 5.74) is 2.41. The van der Waals surface area contributed by atoms with Crippen molar-refractivity contribution in [3.63, 3.8) is 0 Å². The number of hydrogen-bond donors (Lipinski definition) is 1. The van der Waals surface area contributed by atoms with Crippen LogP contribution >= 0.6 is 11.8 Å². The summed E-state index contributed by atoms with van der Waals surface area (Å²) in [5.74, 6) is -1.02. The van der Waals surface area contributed by atoms with E-state index in [0.717, 1.165) is 22.2 Å². The Morgan fingerprint density at radius 2 is 1.87 bits per heavy atom. The fourth-order valence-corrected chi connectivity index (χ4v) is 3.55. The lowest BCUT2D eigenvalue weighted by Crippen LogP contribution is -2.34. The molecule has 0 atom stereocenters. The highest BCUT2D eigenvalue weighted by atomic mass is 32.2. The summed E-state index contributed by atoms with van der Waals surface area (Å²) in [7, 11) is 1.19. The maximum absolute atomic E-state index is 12.3. The minimum absolute atomic E-state index is 0.153. The van der Waals surface area contributed by atoms with Gasteiger partial charge in [-0.3, -0.25) is 24.1 Å². The second kappa shape index (κ2) is 9.94. The lowest BCUT2D eigenvalue weighted by atomic mass is 10.2. The van der Waals surface area contributed by atoms with Crippen LogP contribution in [0.15, 0.2) is 53.4 Å². The summed E-state index contributed by atoms with van der Waals surface area (Å²) in [5, 5.41) is 2.23. The van der Waals surface area contributed by atoms with Crippen LogP contribution in [0.3, 0.4) is 0 Å². The molecule has 1 aliphatic heterocycles. The van der Waals surface area contributed by atoms with Crippen molar-refractivity contribution >= 4 is 46.5 Å². The number of nitrogens with one attached hydrogen (secondary N) is 1. The Labute approximate surface area is 183 Å². The normalized spacial score (nSPS) is 14.6. The number of aryl methyl sites for hydroxylation is 1. The fraction of sp³-hybridized carbons (Fsp3) is 0.182. The van der Waals surface area contributed by atoms with Crippen molar-refractivity contribution in [2.75, 3.05) is 25.6 Å². The molecule has 3 amide bonds. The topological polar surface area (TPSA) is 102 Å². The molecule has 2 aromatic rings. The van der Waals surface area contributed by atoms with Gasteiger partial charge >= 0.3 is 5.97 Å². The standard InChI is InChI=1S/C22H20N2O6S/c1-14-4-3-5-16(10-14)23-19(25)13-30-17-8-6-15(7-9-17)11-18-21(27)24(22(28)31-18)12-20(26)29-2/h3-11H,12-13H2,1-2H3,(H,23,25)/b18-11+. The van der Waals surface area contributed by atoms with Crippen LogP contribution in [-0.2, 0) is 19.1 Å². The molecular weight excluding hydrogens is 420 g/mol. The number of benzene rings is 2. The van der Waals surface area contributed by atoms with Crippen LogP contribution in [0.5, 0.6) is 5.75 Å². The van der Waals surface area contributed by atoms with E-state index in [1.165, 1.54) is 7.11 Å². The van der Waals surface area contributed by atoms with Crippen molar-refractivity contribution in [3.8, 4) is 5.75 Å². The van der Waals surface area contributed by atoms with Gasteiger partial charge < -0.3 is 14.8 Å². The lowest BCUT2D eigenvalue weighted by Gasteiger charge is -2.09. The minimum Gasteiger partial charge on any atom is -0.484 e. The number of nitrogens with zero attached hydrogens (tertiary/aromatic N) is 1. The Morgan fingerprint density at radius 1 is 1.13 bits per heavy atom. The number of imide groups is 1. The third-order valence-corrected chi connectivity index (χ3v) is 5.15. The van der Waals surface area contributed by atoms with Crippen LogP contribution in [-0.4, -0.2) is 48.2 Å². The average Bonchev–Trinajstić information content (AvgIpc) is 3.00. The van der Waals surface area contributed by atoms with Crippen molar-refractivity contribution < 1.29 is 28.7 Å². The van der Waals surface area contributed by atoms with Crippen molar-refractivity contribution in [1.82, 2.24) is 4.90 Å². The number of methoxy groups -OCH3 is 1. The first kappa shape index (κ1) is 22.1. The van der Waals surface area contributed by atoms with Gasteiger partial charge in [0.25, 0.3) is 17.1 Å². The molecule has 1 heterocycles. The zero-order chi connectivity index (χ0) is 22.4. The highest BCUT2D eigenvalue weighted by Crippen LogP contribution is 2.32. The van der Waals surface area contributed by atoms with Crippen molar-refractivity contribution in [1.29, 1.82) is 0 Å². The van der Waals surface area contributed by atoms with Gasteiger partial charge in [-0.1, -0.05) is 24.3 Å². The summed E-state index contributed by atoms with van der Waals surface area (Å²) in [6.07, 6.45) is 1.55. The van der Waals surface area contributed by atoms with Crippen molar-refractivity contribution in [2.24, 2.45) is 0 Å². The molecule has 0 aliphatic carbocycles. The molecule has 0 spiro atoms. The smallest absolute Gasteiger partial charge is 0.325 e. The highest BCUT2D eigenvalue weighted by Gasteiger charge is 2.36. The zero-order valence-electron chi connectivity index (χ0n) is 16.9. The largest absolute Gasteiger partial charge is 0.484 e.